The molecule has 3 aromatic rings. The Bertz CT molecular complexity index is 950. The van der Waals surface area contributed by atoms with Gasteiger partial charge in [-0.1, -0.05) is 34.1 Å². The van der Waals surface area contributed by atoms with Crippen molar-refractivity contribution in [2.45, 2.75) is 6.54 Å². The van der Waals surface area contributed by atoms with Crippen molar-refractivity contribution in [3.8, 4) is 0 Å². The third kappa shape index (κ3) is 3.17. The van der Waals surface area contributed by atoms with Crippen LogP contribution in [0.1, 0.15) is 15.9 Å². The number of carbonyl (C=O) groups is 1. The standard InChI is InChI=1S/C17H13BrN2O3/c1-23-17(22)12-4-2-3-11(7-12)10-20-16(21)15-8-14(18)6-5-13(15)9-19-20/h2-9H,10H2,1H3. The molecule has 0 unspecified atom stereocenters. The summed E-state index contributed by atoms with van der Waals surface area (Å²) in [6.07, 6.45) is 1.66. The molecule has 116 valence electrons. The van der Waals surface area contributed by atoms with E-state index in [4.69, 9.17) is 4.74 Å². The number of methoxy groups -OCH3 is 1. The van der Waals surface area contributed by atoms with Crippen LogP contribution in [0.3, 0.4) is 0 Å². The number of halogens is 1. The number of rotatable bonds is 3. The highest BCUT2D eigenvalue weighted by atomic mass is 79.9. The van der Waals surface area contributed by atoms with Gasteiger partial charge in [-0.3, -0.25) is 4.79 Å². The van der Waals surface area contributed by atoms with E-state index in [1.807, 2.05) is 18.2 Å². The number of nitrogens with zero attached hydrogens (tertiary/aromatic N) is 2. The normalized spacial score (nSPS) is 10.7. The molecule has 0 aliphatic carbocycles. The Labute approximate surface area is 140 Å². The summed E-state index contributed by atoms with van der Waals surface area (Å²) in [5, 5.41) is 5.58. The number of hydrogen-bond donors (Lipinski definition) is 0. The molecule has 0 radical (unpaired) electrons. The zero-order valence-corrected chi connectivity index (χ0v) is 13.9. The summed E-state index contributed by atoms with van der Waals surface area (Å²) in [4.78, 5) is 24.1. The van der Waals surface area contributed by atoms with E-state index in [0.717, 1.165) is 15.4 Å². The van der Waals surface area contributed by atoms with Crippen LogP contribution in [0.4, 0.5) is 0 Å². The molecule has 0 N–H and O–H groups in total. The van der Waals surface area contributed by atoms with Gasteiger partial charge in [0.2, 0.25) is 0 Å². The van der Waals surface area contributed by atoms with Crippen LogP contribution in [0.15, 0.2) is 57.9 Å². The van der Waals surface area contributed by atoms with E-state index in [0.29, 0.717) is 10.9 Å². The van der Waals surface area contributed by atoms with Gasteiger partial charge in [0.25, 0.3) is 5.56 Å². The fraction of sp³-hybridized carbons (Fsp3) is 0.118. The van der Waals surface area contributed by atoms with Crippen molar-refractivity contribution in [2.75, 3.05) is 7.11 Å². The Hall–Kier alpha value is -2.47. The van der Waals surface area contributed by atoms with Gasteiger partial charge in [-0.05, 0) is 29.8 Å². The number of fused-ring (bicyclic) bond motifs is 1. The topological polar surface area (TPSA) is 61.2 Å². The molecule has 0 aliphatic rings. The average molecular weight is 373 g/mol. The molecule has 2 aromatic carbocycles. The van der Waals surface area contributed by atoms with E-state index < -0.39 is 5.97 Å². The van der Waals surface area contributed by atoms with Crippen molar-refractivity contribution in [1.82, 2.24) is 9.78 Å². The molecule has 6 heteroatoms. The van der Waals surface area contributed by atoms with Gasteiger partial charge in [0.15, 0.2) is 0 Å². The molecule has 23 heavy (non-hydrogen) atoms. The van der Waals surface area contributed by atoms with E-state index in [1.54, 1.807) is 30.5 Å². The maximum absolute atomic E-state index is 12.5. The van der Waals surface area contributed by atoms with Crippen LogP contribution in [0, 0.1) is 0 Å². The second-order valence-corrected chi connectivity index (χ2v) is 5.95. The number of aromatic nitrogens is 2. The maximum Gasteiger partial charge on any atom is 0.337 e. The highest BCUT2D eigenvalue weighted by Crippen LogP contribution is 2.16. The van der Waals surface area contributed by atoms with E-state index in [2.05, 4.69) is 21.0 Å². The van der Waals surface area contributed by atoms with Gasteiger partial charge in [0.05, 0.1) is 30.8 Å². The fourth-order valence-corrected chi connectivity index (χ4v) is 2.71. The minimum atomic E-state index is -0.408. The highest BCUT2D eigenvalue weighted by Gasteiger charge is 2.08. The minimum Gasteiger partial charge on any atom is -0.465 e. The molecular formula is C17H13BrN2O3. The van der Waals surface area contributed by atoms with E-state index in [9.17, 15) is 9.59 Å². The molecule has 0 atom stereocenters. The quantitative estimate of drug-likeness (QED) is 0.663. The first-order valence-corrected chi connectivity index (χ1v) is 7.70. The lowest BCUT2D eigenvalue weighted by molar-refractivity contribution is 0.0600. The second kappa shape index (κ2) is 6.34. The fourth-order valence-electron chi connectivity index (χ4n) is 2.35. The zero-order chi connectivity index (χ0) is 16.4. The summed E-state index contributed by atoms with van der Waals surface area (Å²) in [7, 11) is 1.34. The van der Waals surface area contributed by atoms with E-state index in [1.165, 1.54) is 11.8 Å². The number of esters is 1. The predicted molar refractivity (Wildman–Crippen MR) is 90.6 cm³/mol. The first kappa shape index (κ1) is 15.4. The molecule has 1 aromatic heterocycles. The van der Waals surface area contributed by atoms with Gasteiger partial charge >= 0.3 is 5.97 Å². The summed E-state index contributed by atoms with van der Waals surface area (Å²) >= 11 is 3.37. The number of ether oxygens (including phenoxy) is 1. The van der Waals surface area contributed by atoms with Crippen LogP contribution in [0.2, 0.25) is 0 Å². The van der Waals surface area contributed by atoms with Gasteiger partial charge in [-0.25, -0.2) is 9.48 Å². The summed E-state index contributed by atoms with van der Waals surface area (Å²) in [6, 6.07) is 12.5. The maximum atomic E-state index is 12.5. The smallest absolute Gasteiger partial charge is 0.337 e. The lowest BCUT2D eigenvalue weighted by Gasteiger charge is -2.07. The Morgan fingerprint density at radius 3 is 2.87 bits per heavy atom. The summed E-state index contributed by atoms with van der Waals surface area (Å²) in [5.74, 6) is -0.408. The summed E-state index contributed by atoms with van der Waals surface area (Å²) < 4.78 is 6.93. The average Bonchev–Trinajstić information content (AvgIpc) is 2.57. The molecule has 0 amide bonds. The molecule has 5 nitrogen and oxygen atoms in total. The molecule has 3 rings (SSSR count). The van der Waals surface area contributed by atoms with Crippen LogP contribution < -0.4 is 5.56 Å². The van der Waals surface area contributed by atoms with Crippen molar-refractivity contribution >= 4 is 32.7 Å². The van der Waals surface area contributed by atoms with Gasteiger partial charge < -0.3 is 4.74 Å². The SMILES string of the molecule is COC(=O)c1cccc(Cn2ncc3ccc(Br)cc3c2=O)c1. The van der Waals surface area contributed by atoms with E-state index in [-0.39, 0.29) is 12.1 Å². The molecule has 0 aliphatic heterocycles. The lowest BCUT2D eigenvalue weighted by atomic mass is 10.1. The third-order valence-electron chi connectivity index (χ3n) is 3.50. The molecule has 0 bridgehead atoms. The molecular weight excluding hydrogens is 360 g/mol. The monoisotopic (exact) mass is 372 g/mol. The van der Waals surface area contributed by atoms with Gasteiger partial charge in [-0.2, -0.15) is 5.10 Å². The molecule has 0 spiro atoms. The Kier molecular flexibility index (Phi) is 4.25. The largest absolute Gasteiger partial charge is 0.465 e. The lowest BCUT2D eigenvalue weighted by Crippen LogP contribution is -2.23. The molecule has 0 fully saturated rings. The summed E-state index contributed by atoms with van der Waals surface area (Å²) in [5.41, 5.74) is 1.07. The summed E-state index contributed by atoms with van der Waals surface area (Å²) in [6.45, 7) is 0.284. The minimum absolute atomic E-state index is 0.174. The van der Waals surface area contributed by atoms with Crippen LogP contribution in [0.25, 0.3) is 10.8 Å². The second-order valence-electron chi connectivity index (χ2n) is 5.03. The first-order valence-electron chi connectivity index (χ1n) is 6.91. The van der Waals surface area contributed by atoms with E-state index >= 15 is 0 Å². The van der Waals surface area contributed by atoms with Crippen molar-refractivity contribution in [2.24, 2.45) is 0 Å². The Morgan fingerprint density at radius 1 is 1.26 bits per heavy atom. The first-order chi connectivity index (χ1) is 11.1. The Balaban J connectivity index is 2.00. The number of carbonyl (C=O) groups excluding carboxylic acids is 1. The van der Waals surface area contributed by atoms with Crippen LogP contribution >= 0.6 is 15.9 Å². The van der Waals surface area contributed by atoms with Gasteiger partial charge in [0.1, 0.15) is 0 Å². The van der Waals surface area contributed by atoms with Crippen molar-refractivity contribution in [1.29, 1.82) is 0 Å². The predicted octanol–water partition coefficient (Wildman–Crippen LogP) is 2.99. The van der Waals surface area contributed by atoms with Crippen LogP contribution in [0.5, 0.6) is 0 Å². The van der Waals surface area contributed by atoms with Crippen molar-refractivity contribution in [3.63, 3.8) is 0 Å². The van der Waals surface area contributed by atoms with Gasteiger partial charge in [-0.15, -0.1) is 0 Å². The molecule has 0 saturated heterocycles. The third-order valence-corrected chi connectivity index (χ3v) is 3.99. The molecule has 1 heterocycles. The van der Waals surface area contributed by atoms with Crippen molar-refractivity contribution < 1.29 is 9.53 Å². The van der Waals surface area contributed by atoms with Crippen LogP contribution in [-0.4, -0.2) is 22.9 Å². The molecule has 0 saturated carbocycles. The Morgan fingerprint density at radius 2 is 2.09 bits per heavy atom. The number of benzene rings is 2. The highest BCUT2D eigenvalue weighted by molar-refractivity contribution is 9.10. The zero-order valence-electron chi connectivity index (χ0n) is 12.3. The number of hydrogen-bond acceptors (Lipinski definition) is 4. The van der Waals surface area contributed by atoms with Gasteiger partial charge in [0, 0.05) is 9.86 Å². The van der Waals surface area contributed by atoms with Crippen molar-refractivity contribution in [3.05, 3.63) is 74.6 Å². The van der Waals surface area contributed by atoms with Crippen LogP contribution in [-0.2, 0) is 11.3 Å².